The summed E-state index contributed by atoms with van der Waals surface area (Å²) in [5, 5.41) is 3.42. The van der Waals surface area contributed by atoms with E-state index < -0.39 is 53.6 Å². The van der Waals surface area contributed by atoms with Gasteiger partial charge in [0.05, 0.1) is 11.0 Å². The Labute approximate surface area is 213 Å². The Kier molecular flexibility index (Phi) is 9.32. The average Bonchev–Trinajstić information content (AvgIpc) is 3.13. The summed E-state index contributed by atoms with van der Waals surface area (Å²) in [7, 11) is 0. The van der Waals surface area contributed by atoms with Crippen molar-refractivity contribution >= 4 is 46.6 Å². The first kappa shape index (κ1) is 27.5. The van der Waals surface area contributed by atoms with Gasteiger partial charge in [0.2, 0.25) is 5.91 Å². The predicted octanol–water partition coefficient (Wildman–Crippen LogP) is 2.19. The highest BCUT2D eigenvalue weighted by atomic mass is 32.2. The molecule has 1 aromatic carbocycles. The molecule has 1 saturated heterocycles. The Balaban J connectivity index is 2.05. The van der Waals surface area contributed by atoms with Crippen molar-refractivity contribution in [3.8, 4) is 0 Å². The standard InChI is InChI=1S/C24H31N3O8S/c1-6-11-27-18-10-8-7-9-17(18)26-24(27)36-23-20(25-13(2)28)22(34-16(5)31)21(33-15(4)30)19(35-23)12-32-14(3)29/h7-10,19-23H,6,11-12H2,1-5H3,(H,25,28). The maximum Gasteiger partial charge on any atom is 0.303 e. The lowest BCUT2D eigenvalue weighted by molar-refractivity contribution is -0.211. The fourth-order valence-corrected chi connectivity index (χ4v) is 5.32. The molecule has 11 nitrogen and oxygen atoms in total. The molecule has 1 aliphatic rings. The van der Waals surface area contributed by atoms with E-state index in [-0.39, 0.29) is 6.61 Å². The maximum atomic E-state index is 12.2. The fraction of sp³-hybridized carbons (Fsp3) is 0.542. The number of benzene rings is 1. The van der Waals surface area contributed by atoms with Crippen LogP contribution in [0.5, 0.6) is 0 Å². The minimum absolute atomic E-state index is 0.250. The third-order valence-corrected chi connectivity index (χ3v) is 6.52. The molecule has 1 fully saturated rings. The van der Waals surface area contributed by atoms with E-state index in [0.717, 1.165) is 17.5 Å². The third kappa shape index (κ3) is 6.76. The van der Waals surface area contributed by atoms with Gasteiger partial charge in [0, 0.05) is 34.2 Å². The zero-order valence-corrected chi connectivity index (χ0v) is 21.7. The Morgan fingerprint density at radius 1 is 1.03 bits per heavy atom. The molecule has 12 heteroatoms. The SMILES string of the molecule is CCCn1c(SC2OC(COC(C)=O)C(OC(C)=O)C(OC(C)=O)C2NC(C)=O)nc2ccccc21. The van der Waals surface area contributed by atoms with Crippen molar-refractivity contribution in [2.24, 2.45) is 0 Å². The summed E-state index contributed by atoms with van der Waals surface area (Å²) in [5.41, 5.74) is 0.920. The van der Waals surface area contributed by atoms with E-state index in [1.165, 1.54) is 39.5 Å². The second-order valence-electron chi connectivity index (χ2n) is 8.37. The van der Waals surface area contributed by atoms with Crippen LogP contribution in [0.4, 0.5) is 0 Å². The first-order chi connectivity index (χ1) is 17.1. The molecule has 2 heterocycles. The summed E-state index contributed by atoms with van der Waals surface area (Å²) in [6.07, 6.45) is -2.34. The van der Waals surface area contributed by atoms with Gasteiger partial charge in [0.25, 0.3) is 0 Å². The van der Waals surface area contributed by atoms with Crippen LogP contribution in [0.2, 0.25) is 0 Å². The molecule has 36 heavy (non-hydrogen) atoms. The topological polar surface area (TPSA) is 135 Å². The number of hydrogen-bond acceptors (Lipinski definition) is 10. The highest BCUT2D eigenvalue weighted by Crippen LogP contribution is 2.37. The van der Waals surface area contributed by atoms with E-state index in [2.05, 4.69) is 12.2 Å². The first-order valence-electron chi connectivity index (χ1n) is 11.6. The molecule has 0 bridgehead atoms. The molecular weight excluding hydrogens is 490 g/mol. The van der Waals surface area contributed by atoms with Crippen LogP contribution in [0.1, 0.15) is 41.0 Å². The summed E-state index contributed by atoms with van der Waals surface area (Å²) >= 11 is 1.24. The van der Waals surface area contributed by atoms with Crippen LogP contribution in [0.3, 0.4) is 0 Å². The summed E-state index contributed by atoms with van der Waals surface area (Å²) in [5.74, 6) is -2.23. The molecule has 1 amide bonds. The molecule has 1 aromatic heterocycles. The lowest BCUT2D eigenvalue weighted by atomic mass is 9.97. The van der Waals surface area contributed by atoms with Gasteiger partial charge in [-0.05, 0) is 18.6 Å². The minimum atomic E-state index is -1.13. The van der Waals surface area contributed by atoms with Crippen LogP contribution in [0.15, 0.2) is 29.4 Å². The molecule has 1 N–H and O–H groups in total. The van der Waals surface area contributed by atoms with Gasteiger partial charge in [-0.3, -0.25) is 19.2 Å². The van der Waals surface area contributed by atoms with Gasteiger partial charge in [0.15, 0.2) is 17.4 Å². The van der Waals surface area contributed by atoms with Crippen LogP contribution >= 0.6 is 11.8 Å². The second kappa shape index (κ2) is 12.2. The van der Waals surface area contributed by atoms with E-state index in [1.54, 1.807) is 0 Å². The van der Waals surface area contributed by atoms with Crippen molar-refractivity contribution in [1.82, 2.24) is 14.9 Å². The number of carbonyl (C=O) groups excluding carboxylic acids is 4. The predicted molar refractivity (Wildman–Crippen MR) is 130 cm³/mol. The zero-order valence-electron chi connectivity index (χ0n) is 20.9. The van der Waals surface area contributed by atoms with Crippen molar-refractivity contribution in [3.05, 3.63) is 24.3 Å². The molecule has 0 spiro atoms. The van der Waals surface area contributed by atoms with Crippen LogP contribution in [0.25, 0.3) is 11.0 Å². The van der Waals surface area contributed by atoms with Crippen molar-refractivity contribution in [3.63, 3.8) is 0 Å². The number of nitrogens with zero attached hydrogens (tertiary/aromatic N) is 2. The van der Waals surface area contributed by atoms with Gasteiger partial charge in [0.1, 0.15) is 24.2 Å². The largest absolute Gasteiger partial charge is 0.463 e. The zero-order chi connectivity index (χ0) is 26.4. The molecule has 0 aliphatic carbocycles. The fourth-order valence-electron chi connectivity index (χ4n) is 4.08. The van der Waals surface area contributed by atoms with Gasteiger partial charge in [-0.1, -0.05) is 30.8 Å². The number of imidazole rings is 1. The van der Waals surface area contributed by atoms with Crippen LogP contribution in [-0.4, -0.2) is 69.8 Å². The summed E-state index contributed by atoms with van der Waals surface area (Å²) in [6, 6.07) is 6.80. The van der Waals surface area contributed by atoms with Crippen LogP contribution in [-0.2, 0) is 44.7 Å². The molecular formula is C24H31N3O8S. The third-order valence-electron chi connectivity index (χ3n) is 5.36. The summed E-state index contributed by atoms with van der Waals surface area (Å²) in [6.45, 7) is 7.48. The van der Waals surface area contributed by atoms with Gasteiger partial charge >= 0.3 is 17.9 Å². The Bertz CT molecular complexity index is 1120. The van der Waals surface area contributed by atoms with E-state index in [9.17, 15) is 19.2 Å². The maximum absolute atomic E-state index is 12.2. The lowest BCUT2D eigenvalue weighted by Gasteiger charge is -2.44. The molecule has 3 rings (SSSR count). The number of ether oxygens (including phenoxy) is 4. The van der Waals surface area contributed by atoms with E-state index in [4.69, 9.17) is 23.9 Å². The molecule has 2 aromatic rings. The lowest BCUT2D eigenvalue weighted by Crippen LogP contribution is -2.65. The number of para-hydroxylation sites is 2. The second-order valence-corrected chi connectivity index (χ2v) is 9.44. The number of aryl methyl sites for hydroxylation is 1. The normalized spacial score (nSPS) is 23.6. The number of fused-ring (bicyclic) bond motifs is 1. The Morgan fingerprint density at radius 3 is 2.31 bits per heavy atom. The summed E-state index contributed by atoms with van der Waals surface area (Å²) in [4.78, 5) is 52.4. The van der Waals surface area contributed by atoms with Crippen molar-refractivity contribution in [2.75, 3.05) is 6.61 Å². The van der Waals surface area contributed by atoms with Crippen molar-refractivity contribution < 1.29 is 38.1 Å². The first-order valence-corrected chi connectivity index (χ1v) is 12.5. The molecule has 1 aliphatic heterocycles. The van der Waals surface area contributed by atoms with Crippen molar-refractivity contribution in [1.29, 1.82) is 0 Å². The molecule has 5 atom stereocenters. The summed E-state index contributed by atoms with van der Waals surface area (Å²) < 4.78 is 24.5. The van der Waals surface area contributed by atoms with Crippen molar-refractivity contribution in [2.45, 2.75) is 82.5 Å². The highest BCUT2D eigenvalue weighted by Gasteiger charge is 2.51. The monoisotopic (exact) mass is 521 g/mol. The Morgan fingerprint density at radius 2 is 1.69 bits per heavy atom. The smallest absolute Gasteiger partial charge is 0.303 e. The number of aromatic nitrogens is 2. The Hall–Kier alpha value is -3.12. The number of amides is 1. The van der Waals surface area contributed by atoms with Crippen LogP contribution < -0.4 is 5.32 Å². The number of carbonyl (C=O) groups is 4. The quantitative estimate of drug-likeness (QED) is 0.386. The molecule has 0 saturated carbocycles. The average molecular weight is 522 g/mol. The minimum Gasteiger partial charge on any atom is -0.463 e. The number of nitrogens with one attached hydrogen (secondary N) is 1. The van der Waals surface area contributed by atoms with E-state index >= 15 is 0 Å². The van der Waals surface area contributed by atoms with Gasteiger partial charge < -0.3 is 28.8 Å². The van der Waals surface area contributed by atoms with Crippen LogP contribution in [0, 0.1) is 0 Å². The highest BCUT2D eigenvalue weighted by molar-refractivity contribution is 7.99. The van der Waals surface area contributed by atoms with Gasteiger partial charge in [-0.25, -0.2) is 4.98 Å². The molecule has 196 valence electrons. The number of hydrogen-bond donors (Lipinski definition) is 1. The molecule has 5 unspecified atom stereocenters. The number of rotatable bonds is 9. The van der Waals surface area contributed by atoms with E-state index in [1.807, 2.05) is 28.8 Å². The number of esters is 3. The molecule has 0 radical (unpaired) electrons. The van der Waals surface area contributed by atoms with Gasteiger partial charge in [-0.2, -0.15) is 0 Å². The van der Waals surface area contributed by atoms with Gasteiger partial charge in [-0.15, -0.1) is 0 Å². The number of thioether (sulfide) groups is 1. The van der Waals surface area contributed by atoms with E-state index in [0.29, 0.717) is 11.7 Å².